The summed E-state index contributed by atoms with van der Waals surface area (Å²) in [6.45, 7) is 4.66. The van der Waals surface area contributed by atoms with E-state index in [2.05, 4.69) is 13.8 Å². The van der Waals surface area contributed by atoms with Gasteiger partial charge in [0.2, 0.25) is 0 Å². The smallest absolute Gasteiger partial charge is 0.0292 e. The van der Waals surface area contributed by atoms with Crippen LogP contribution in [0.5, 0.6) is 0 Å². The van der Waals surface area contributed by atoms with E-state index in [0.717, 1.165) is 11.8 Å². The third-order valence-corrected chi connectivity index (χ3v) is 3.57. The van der Waals surface area contributed by atoms with Crippen molar-refractivity contribution in [1.29, 1.82) is 0 Å². The maximum absolute atomic E-state index is 2.33. The fraction of sp³-hybridized carbons (Fsp3) is 0.818. The predicted molar refractivity (Wildman–Crippen MR) is 48.4 cm³/mol. The van der Waals surface area contributed by atoms with Crippen LogP contribution in [0.4, 0.5) is 0 Å². The average molecular weight is 150 g/mol. The Labute approximate surface area is 69.7 Å². The third-order valence-electron chi connectivity index (χ3n) is 3.57. The zero-order valence-corrected chi connectivity index (χ0v) is 7.69. The molecule has 0 aromatic heterocycles. The van der Waals surface area contributed by atoms with E-state index in [1.807, 2.05) is 0 Å². The first kappa shape index (κ1) is 7.39. The van der Waals surface area contributed by atoms with Gasteiger partial charge in [0.15, 0.2) is 0 Å². The molecule has 2 aliphatic rings. The minimum absolute atomic E-state index is 1.05. The molecule has 0 heterocycles. The van der Waals surface area contributed by atoms with Crippen LogP contribution >= 0.6 is 0 Å². The lowest BCUT2D eigenvalue weighted by atomic mass is 9.95. The lowest BCUT2D eigenvalue weighted by molar-refractivity contribution is 0.506. The summed E-state index contributed by atoms with van der Waals surface area (Å²) in [4.78, 5) is 0. The van der Waals surface area contributed by atoms with E-state index in [9.17, 15) is 0 Å². The number of rotatable bonds is 0. The van der Waals surface area contributed by atoms with Crippen LogP contribution in [0.25, 0.3) is 0 Å². The van der Waals surface area contributed by atoms with Gasteiger partial charge in [0.1, 0.15) is 0 Å². The standard InChI is InChI=1S/C11H18/c1-8-5-10-3-4-11(7-10)6-9(8)2/h10-11H,3-7H2,1-2H3. The Hall–Kier alpha value is -0.260. The summed E-state index contributed by atoms with van der Waals surface area (Å²) in [6.07, 6.45) is 7.35. The molecule has 0 amide bonds. The van der Waals surface area contributed by atoms with Gasteiger partial charge in [0.05, 0.1) is 0 Å². The fourth-order valence-corrected chi connectivity index (χ4v) is 2.76. The summed E-state index contributed by atoms with van der Waals surface area (Å²) in [6, 6.07) is 0. The first-order valence-corrected chi connectivity index (χ1v) is 4.91. The van der Waals surface area contributed by atoms with Gasteiger partial charge in [-0.2, -0.15) is 0 Å². The molecular weight excluding hydrogens is 132 g/mol. The van der Waals surface area contributed by atoms with Crippen LogP contribution in [-0.2, 0) is 0 Å². The average Bonchev–Trinajstić information content (AvgIpc) is 2.30. The highest BCUT2D eigenvalue weighted by atomic mass is 14.3. The van der Waals surface area contributed by atoms with Gasteiger partial charge in [-0.3, -0.25) is 0 Å². The van der Waals surface area contributed by atoms with Crippen LogP contribution < -0.4 is 0 Å². The van der Waals surface area contributed by atoms with Crippen molar-refractivity contribution >= 4 is 0 Å². The predicted octanol–water partition coefficient (Wildman–Crippen LogP) is 3.53. The summed E-state index contributed by atoms with van der Waals surface area (Å²) >= 11 is 0. The lowest BCUT2D eigenvalue weighted by Gasteiger charge is -2.11. The van der Waals surface area contributed by atoms with Crippen molar-refractivity contribution in [2.45, 2.75) is 46.0 Å². The summed E-state index contributed by atoms with van der Waals surface area (Å²) in [5.74, 6) is 2.11. The minimum atomic E-state index is 1.05. The third kappa shape index (κ3) is 1.36. The van der Waals surface area contributed by atoms with Crippen molar-refractivity contribution in [3.05, 3.63) is 11.1 Å². The maximum atomic E-state index is 2.33. The van der Waals surface area contributed by atoms with Crippen molar-refractivity contribution in [3.63, 3.8) is 0 Å². The first-order valence-electron chi connectivity index (χ1n) is 4.91. The van der Waals surface area contributed by atoms with Gasteiger partial charge >= 0.3 is 0 Å². The second-order valence-electron chi connectivity index (χ2n) is 4.51. The van der Waals surface area contributed by atoms with Crippen LogP contribution in [0.3, 0.4) is 0 Å². The van der Waals surface area contributed by atoms with Crippen molar-refractivity contribution in [2.24, 2.45) is 11.8 Å². The van der Waals surface area contributed by atoms with Crippen LogP contribution in [0.2, 0.25) is 0 Å². The molecule has 0 heteroatoms. The highest BCUT2D eigenvalue weighted by Crippen LogP contribution is 2.42. The Morgan fingerprint density at radius 1 is 0.909 bits per heavy atom. The van der Waals surface area contributed by atoms with E-state index in [4.69, 9.17) is 0 Å². The maximum Gasteiger partial charge on any atom is -0.0292 e. The Kier molecular flexibility index (Phi) is 1.78. The molecule has 0 radical (unpaired) electrons. The largest absolute Gasteiger partial charge is 0.0741 e. The first-order chi connectivity index (χ1) is 5.25. The topological polar surface area (TPSA) is 0 Å². The molecule has 11 heavy (non-hydrogen) atoms. The second kappa shape index (κ2) is 2.66. The summed E-state index contributed by atoms with van der Waals surface area (Å²) in [5.41, 5.74) is 3.38. The summed E-state index contributed by atoms with van der Waals surface area (Å²) in [7, 11) is 0. The molecule has 2 rings (SSSR count). The minimum Gasteiger partial charge on any atom is -0.0741 e. The lowest BCUT2D eigenvalue weighted by Crippen LogP contribution is -1.94. The SMILES string of the molecule is CC1=C(C)CC2CCC(C1)C2. The Morgan fingerprint density at radius 3 is 1.82 bits per heavy atom. The fourth-order valence-electron chi connectivity index (χ4n) is 2.76. The van der Waals surface area contributed by atoms with Gasteiger partial charge in [-0.05, 0) is 57.8 Å². The molecule has 2 aliphatic carbocycles. The van der Waals surface area contributed by atoms with Crippen LogP contribution in [0, 0.1) is 11.8 Å². The van der Waals surface area contributed by atoms with Crippen molar-refractivity contribution in [3.8, 4) is 0 Å². The molecule has 0 aliphatic heterocycles. The molecule has 62 valence electrons. The Balaban J connectivity index is 2.18. The molecular formula is C11H18. The van der Waals surface area contributed by atoms with Crippen molar-refractivity contribution in [2.75, 3.05) is 0 Å². The van der Waals surface area contributed by atoms with Crippen LogP contribution in [-0.4, -0.2) is 0 Å². The van der Waals surface area contributed by atoms with Crippen molar-refractivity contribution in [1.82, 2.24) is 0 Å². The summed E-state index contributed by atoms with van der Waals surface area (Å²) < 4.78 is 0. The van der Waals surface area contributed by atoms with Gasteiger partial charge < -0.3 is 0 Å². The van der Waals surface area contributed by atoms with Gasteiger partial charge in [0.25, 0.3) is 0 Å². The zero-order chi connectivity index (χ0) is 7.84. The molecule has 1 saturated carbocycles. The van der Waals surface area contributed by atoms with E-state index >= 15 is 0 Å². The molecule has 0 spiro atoms. The van der Waals surface area contributed by atoms with Gasteiger partial charge in [-0.15, -0.1) is 0 Å². The number of hydrogen-bond donors (Lipinski definition) is 0. The molecule has 2 atom stereocenters. The quantitative estimate of drug-likeness (QED) is 0.463. The molecule has 0 N–H and O–H groups in total. The molecule has 2 bridgehead atoms. The molecule has 0 nitrogen and oxygen atoms in total. The van der Waals surface area contributed by atoms with Crippen LogP contribution in [0.15, 0.2) is 11.1 Å². The van der Waals surface area contributed by atoms with E-state index < -0.39 is 0 Å². The molecule has 1 fully saturated rings. The van der Waals surface area contributed by atoms with Gasteiger partial charge in [0, 0.05) is 0 Å². The normalized spacial score (nSPS) is 37.6. The Morgan fingerprint density at radius 2 is 1.36 bits per heavy atom. The van der Waals surface area contributed by atoms with E-state index in [0.29, 0.717) is 0 Å². The van der Waals surface area contributed by atoms with E-state index in [-0.39, 0.29) is 0 Å². The van der Waals surface area contributed by atoms with Gasteiger partial charge in [-0.25, -0.2) is 0 Å². The van der Waals surface area contributed by atoms with Crippen LogP contribution in [0.1, 0.15) is 46.0 Å². The molecule has 0 saturated heterocycles. The molecule has 0 aromatic rings. The number of fused-ring (bicyclic) bond motifs is 2. The highest BCUT2D eigenvalue weighted by molar-refractivity contribution is 5.14. The molecule has 0 aromatic carbocycles. The Bertz CT molecular complexity index is 168. The monoisotopic (exact) mass is 150 g/mol. The summed E-state index contributed by atoms with van der Waals surface area (Å²) in [5, 5.41) is 0. The second-order valence-corrected chi connectivity index (χ2v) is 4.51. The number of hydrogen-bond acceptors (Lipinski definition) is 0. The molecule has 2 unspecified atom stereocenters. The number of allylic oxidation sites excluding steroid dienone is 2. The van der Waals surface area contributed by atoms with E-state index in [1.165, 1.54) is 32.1 Å². The highest BCUT2D eigenvalue weighted by Gasteiger charge is 2.27. The van der Waals surface area contributed by atoms with E-state index in [1.54, 1.807) is 11.1 Å². The van der Waals surface area contributed by atoms with Crippen molar-refractivity contribution < 1.29 is 0 Å². The zero-order valence-electron chi connectivity index (χ0n) is 7.69. The van der Waals surface area contributed by atoms with Gasteiger partial charge in [-0.1, -0.05) is 11.1 Å².